The average Bonchev–Trinajstić information content (AvgIpc) is 2.85. The number of aryl methyl sites for hydroxylation is 1. The lowest BCUT2D eigenvalue weighted by molar-refractivity contribution is 0.00111. The van der Waals surface area contributed by atoms with E-state index in [4.69, 9.17) is 4.74 Å². The van der Waals surface area contributed by atoms with Crippen molar-refractivity contribution in [1.29, 1.82) is 0 Å². The largest absolute Gasteiger partial charge is 0.490 e. The summed E-state index contributed by atoms with van der Waals surface area (Å²) in [6.45, 7) is 8.73. The quantitative estimate of drug-likeness (QED) is 0.809. The topological polar surface area (TPSA) is 41.5 Å². The molecule has 1 aromatic rings. The minimum absolute atomic E-state index is 0.410. The number of aliphatic hydroxyl groups is 1. The molecule has 0 unspecified atom stereocenters. The summed E-state index contributed by atoms with van der Waals surface area (Å²) >= 11 is 0. The second kappa shape index (κ2) is 7.28. The lowest BCUT2D eigenvalue weighted by Crippen LogP contribution is -2.32. The summed E-state index contributed by atoms with van der Waals surface area (Å²) in [5.41, 5.74) is 1.80. The molecule has 1 fully saturated rings. The molecule has 1 aliphatic carbocycles. The second-order valence-electron chi connectivity index (χ2n) is 6.86. The number of hydrogen-bond acceptors (Lipinski definition) is 3. The van der Waals surface area contributed by atoms with E-state index in [2.05, 4.69) is 38.2 Å². The van der Waals surface area contributed by atoms with E-state index < -0.39 is 5.60 Å². The minimum Gasteiger partial charge on any atom is -0.490 e. The van der Waals surface area contributed by atoms with Gasteiger partial charge in [-0.3, -0.25) is 0 Å². The lowest BCUT2D eigenvalue weighted by Gasteiger charge is -2.23. The summed E-state index contributed by atoms with van der Waals surface area (Å²) < 4.78 is 5.95. The molecule has 0 spiro atoms. The fourth-order valence-corrected chi connectivity index (χ4v) is 2.87. The summed E-state index contributed by atoms with van der Waals surface area (Å²) in [6.07, 6.45) is 3.94. The second-order valence-corrected chi connectivity index (χ2v) is 6.86. The number of ether oxygens (including phenoxy) is 1. The first kappa shape index (κ1) is 16.3. The maximum absolute atomic E-state index is 10.4. The van der Waals surface area contributed by atoms with Gasteiger partial charge in [0.2, 0.25) is 0 Å². The molecule has 118 valence electrons. The minimum atomic E-state index is -0.618. The van der Waals surface area contributed by atoms with Crippen LogP contribution in [0.3, 0.4) is 0 Å². The van der Waals surface area contributed by atoms with Crippen LogP contribution in [0, 0.1) is 12.8 Å². The molecule has 0 heterocycles. The van der Waals surface area contributed by atoms with Crippen molar-refractivity contribution in [3.63, 3.8) is 0 Å². The van der Waals surface area contributed by atoms with Crippen LogP contribution in [0.15, 0.2) is 18.2 Å². The Kier molecular flexibility index (Phi) is 5.65. The normalized spacial score (nSPS) is 17.4. The van der Waals surface area contributed by atoms with E-state index in [1.165, 1.54) is 11.1 Å². The predicted molar refractivity (Wildman–Crippen MR) is 86.6 cm³/mol. The zero-order valence-electron chi connectivity index (χ0n) is 13.6. The molecule has 0 aromatic heterocycles. The van der Waals surface area contributed by atoms with Crippen molar-refractivity contribution in [3.8, 4) is 5.75 Å². The Hall–Kier alpha value is -1.06. The molecule has 2 N–H and O–H groups in total. The van der Waals surface area contributed by atoms with Crippen molar-refractivity contribution in [2.75, 3.05) is 13.2 Å². The van der Waals surface area contributed by atoms with Crippen molar-refractivity contribution in [2.24, 2.45) is 5.92 Å². The molecule has 3 nitrogen and oxygen atoms in total. The van der Waals surface area contributed by atoms with Gasteiger partial charge in [-0.15, -0.1) is 0 Å². The first-order chi connectivity index (χ1) is 9.98. The van der Waals surface area contributed by atoms with Gasteiger partial charge < -0.3 is 15.2 Å². The molecule has 1 aromatic carbocycles. The molecule has 0 bridgehead atoms. The highest BCUT2D eigenvalue weighted by Gasteiger charge is 2.32. The highest BCUT2D eigenvalue weighted by molar-refractivity contribution is 5.37. The Morgan fingerprint density at radius 1 is 1.29 bits per heavy atom. The van der Waals surface area contributed by atoms with Crippen molar-refractivity contribution in [2.45, 2.75) is 58.6 Å². The SMILES string of the molecule is Cc1ccc(OCC2(O)CCCC2)c(CNCC(C)C)c1. The van der Waals surface area contributed by atoms with E-state index in [0.717, 1.165) is 44.5 Å². The van der Waals surface area contributed by atoms with Gasteiger partial charge in [-0.25, -0.2) is 0 Å². The summed E-state index contributed by atoms with van der Waals surface area (Å²) in [5.74, 6) is 1.54. The molecule has 0 radical (unpaired) electrons. The molecule has 0 atom stereocenters. The van der Waals surface area contributed by atoms with E-state index in [1.807, 2.05) is 6.07 Å². The molecule has 2 rings (SSSR count). The van der Waals surface area contributed by atoms with Crippen LogP contribution in [-0.2, 0) is 6.54 Å². The van der Waals surface area contributed by atoms with Crippen LogP contribution in [0.1, 0.15) is 50.7 Å². The fraction of sp³-hybridized carbons (Fsp3) is 0.667. The third kappa shape index (κ3) is 5.01. The Morgan fingerprint density at radius 2 is 2.00 bits per heavy atom. The first-order valence-corrected chi connectivity index (χ1v) is 8.14. The zero-order chi connectivity index (χ0) is 15.3. The van der Waals surface area contributed by atoms with Crippen LogP contribution in [0.4, 0.5) is 0 Å². The van der Waals surface area contributed by atoms with Crippen LogP contribution < -0.4 is 10.1 Å². The molecular weight excluding hydrogens is 262 g/mol. The van der Waals surface area contributed by atoms with Crippen LogP contribution in [0.2, 0.25) is 0 Å². The summed E-state index contributed by atoms with van der Waals surface area (Å²) in [6, 6.07) is 6.27. The van der Waals surface area contributed by atoms with Gasteiger partial charge in [0.1, 0.15) is 12.4 Å². The number of hydrogen-bond donors (Lipinski definition) is 2. The van der Waals surface area contributed by atoms with Gasteiger partial charge >= 0.3 is 0 Å². The lowest BCUT2D eigenvalue weighted by atomic mass is 10.0. The van der Waals surface area contributed by atoms with E-state index in [1.54, 1.807) is 0 Å². The Morgan fingerprint density at radius 3 is 2.67 bits per heavy atom. The molecule has 3 heteroatoms. The maximum atomic E-state index is 10.4. The first-order valence-electron chi connectivity index (χ1n) is 8.14. The third-order valence-electron chi connectivity index (χ3n) is 4.11. The van der Waals surface area contributed by atoms with Gasteiger partial charge in [0.15, 0.2) is 0 Å². The Balaban J connectivity index is 1.97. The van der Waals surface area contributed by atoms with Gasteiger partial charge in [0, 0.05) is 12.1 Å². The summed E-state index contributed by atoms with van der Waals surface area (Å²) in [5, 5.41) is 13.9. The molecule has 1 saturated carbocycles. The maximum Gasteiger partial charge on any atom is 0.123 e. The monoisotopic (exact) mass is 291 g/mol. The standard InChI is InChI=1S/C18H29NO2/c1-14(2)11-19-12-16-10-15(3)6-7-17(16)21-13-18(20)8-4-5-9-18/h6-7,10,14,19-20H,4-5,8-9,11-13H2,1-3H3. The van der Waals surface area contributed by atoms with Crippen molar-refractivity contribution in [3.05, 3.63) is 29.3 Å². The van der Waals surface area contributed by atoms with Crippen molar-refractivity contribution >= 4 is 0 Å². The van der Waals surface area contributed by atoms with Crippen LogP contribution in [-0.4, -0.2) is 23.9 Å². The third-order valence-corrected chi connectivity index (χ3v) is 4.11. The van der Waals surface area contributed by atoms with Crippen molar-refractivity contribution < 1.29 is 9.84 Å². The molecule has 21 heavy (non-hydrogen) atoms. The molecule has 1 aliphatic rings. The van der Waals surface area contributed by atoms with Gasteiger partial charge in [-0.1, -0.05) is 44.4 Å². The number of rotatable bonds is 7. The Bertz CT molecular complexity index is 451. The fourth-order valence-electron chi connectivity index (χ4n) is 2.87. The van der Waals surface area contributed by atoms with Gasteiger partial charge in [0.05, 0.1) is 5.60 Å². The molecule has 0 amide bonds. The highest BCUT2D eigenvalue weighted by Crippen LogP contribution is 2.31. The predicted octanol–water partition coefficient (Wildman–Crippen LogP) is 3.42. The van der Waals surface area contributed by atoms with Crippen LogP contribution in [0.5, 0.6) is 5.75 Å². The smallest absolute Gasteiger partial charge is 0.123 e. The average molecular weight is 291 g/mol. The summed E-state index contributed by atoms with van der Waals surface area (Å²) in [4.78, 5) is 0. The molecular formula is C18H29NO2. The van der Waals surface area contributed by atoms with Crippen molar-refractivity contribution in [1.82, 2.24) is 5.32 Å². The zero-order valence-corrected chi connectivity index (χ0v) is 13.6. The molecule has 0 aliphatic heterocycles. The van der Waals surface area contributed by atoms with Gasteiger partial charge in [0.25, 0.3) is 0 Å². The summed E-state index contributed by atoms with van der Waals surface area (Å²) in [7, 11) is 0. The van der Waals surface area contributed by atoms with E-state index in [0.29, 0.717) is 12.5 Å². The van der Waals surface area contributed by atoms with Crippen LogP contribution >= 0.6 is 0 Å². The highest BCUT2D eigenvalue weighted by atomic mass is 16.5. The molecule has 0 saturated heterocycles. The van der Waals surface area contributed by atoms with E-state index in [9.17, 15) is 5.11 Å². The van der Waals surface area contributed by atoms with Crippen LogP contribution in [0.25, 0.3) is 0 Å². The van der Waals surface area contributed by atoms with Gasteiger partial charge in [-0.2, -0.15) is 0 Å². The Labute approximate surface area is 128 Å². The van der Waals surface area contributed by atoms with Gasteiger partial charge in [-0.05, 0) is 38.3 Å². The number of benzene rings is 1. The number of nitrogens with one attached hydrogen (secondary N) is 1. The van der Waals surface area contributed by atoms with E-state index >= 15 is 0 Å². The van der Waals surface area contributed by atoms with E-state index in [-0.39, 0.29) is 0 Å².